The molecule has 6 nitrogen and oxygen atoms in total. The van der Waals surface area contributed by atoms with Crippen molar-refractivity contribution in [1.29, 1.82) is 0 Å². The Bertz CT molecular complexity index is 633. The molecule has 0 radical (unpaired) electrons. The highest BCUT2D eigenvalue weighted by atomic mass is 35.5. The highest BCUT2D eigenvalue weighted by molar-refractivity contribution is 7.99. The largest absolute Gasteiger partial charge is 0.356 e. The van der Waals surface area contributed by atoms with E-state index in [1.807, 2.05) is 6.07 Å². The summed E-state index contributed by atoms with van der Waals surface area (Å²) in [5, 5.41) is 4.14. The third-order valence-electron chi connectivity index (χ3n) is 5.68. The Morgan fingerprint density at radius 1 is 1.26 bits per heavy atom. The van der Waals surface area contributed by atoms with Crippen molar-refractivity contribution in [2.75, 3.05) is 37.8 Å². The highest BCUT2D eigenvalue weighted by Gasteiger charge is 2.24. The van der Waals surface area contributed by atoms with Crippen molar-refractivity contribution in [1.82, 2.24) is 15.3 Å². The van der Waals surface area contributed by atoms with Crippen LogP contribution in [0.1, 0.15) is 44.9 Å². The summed E-state index contributed by atoms with van der Waals surface area (Å²) in [6, 6.07) is 2.63. The second kappa shape index (κ2) is 9.94. The minimum atomic E-state index is 0.0590. The van der Waals surface area contributed by atoms with E-state index < -0.39 is 0 Å². The van der Waals surface area contributed by atoms with E-state index in [-0.39, 0.29) is 5.91 Å². The van der Waals surface area contributed by atoms with Gasteiger partial charge < -0.3 is 15.1 Å². The maximum absolute atomic E-state index is 12.2. The van der Waals surface area contributed by atoms with Crippen molar-refractivity contribution in [3.05, 3.63) is 11.2 Å². The molecular formula is C19H31ClN5OS+. The van der Waals surface area contributed by atoms with Gasteiger partial charge in [-0.05, 0) is 12.8 Å². The molecule has 1 amide bonds. The molecule has 1 aromatic heterocycles. The predicted molar refractivity (Wildman–Crippen MR) is 111 cm³/mol. The Morgan fingerprint density at radius 2 is 1.96 bits per heavy atom. The number of rotatable bonds is 6. The summed E-state index contributed by atoms with van der Waals surface area (Å²) in [6.07, 6.45) is 8.20. The van der Waals surface area contributed by atoms with Gasteiger partial charge in [0.2, 0.25) is 5.91 Å². The van der Waals surface area contributed by atoms with Crippen LogP contribution < -0.4 is 15.1 Å². The first-order chi connectivity index (χ1) is 13.0. The van der Waals surface area contributed by atoms with Crippen LogP contribution in [0.5, 0.6) is 0 Å². The van der Waals surface area contributed by atoms with Gasteiger partial charge in [-0.1, -0.05) is 42.6 Å². The lowest BCUT2D eigenvalue weighted by atomic mass is 9.95. The molecule has 1 aliphatic carbocycles. The fourth-order valence-electron chi connectivity index (χ4n) is 3.95. The topological polar surface area (TPSA) is 62.6 Å². The normalized spacial score (nSPS) is 23.8. The molecule has 3 rings (SSSR count). The zero-order chi connectivity index (χ0) is 19.2. The van der Waals surface area contributed by atoms with Gasteiger partial charge in [-0.15, -0.1) is 0 Å². The van der Waals surface area contributed by atoms with Crippen molar-refractivity contribution in [2.45, 2.75) is 62.2 Å². The van der Waals surface area contributed by atoms with E-state index in [0.29, 0.717) is 28.1 Å². The number of piperidine rings is 1. The van der Waals surface area contributed by atoms with Crippen LogP contribution in [0, 0.1) is 0 Å². The van der Waals surface area contributed by atoms with Crippen molar-refractivity contribution in [3.8, 4) is 0 Å². The number of hydrogen-bond donors (Lipinski definition) is 2. The number of quaternary nitrogens is 1. The lowest BCUT2D eigenvalue weighted by Crippen LogP contribution is -3.10. The molecule has 0 bridgehead atoms. The van der Waals surface area contributed by atoms with Gasteiger partial charge in [-0.2, -0.15) is 0 Å². The quantitative estimate of drug-likeness (QED) is 0.423. The summed E-state index contributed by atoms with van der Waals surface area (Å²) < 4.78 is 0. The third kappa shape index (κ3) is 6.22. The molecule has 2 aliphatic rings. The average molecular weight is 413 g/mol. The lowest BCUT2D eigenvalue weighted by molar-refractivity contribution is -0.884. The molecule has 27 heavy (non-hydrogen) atoms. The van der Waals surface area contributed by atoms with Crippen molar-refractivity contribution in [3.63, 3.8) is 0 Å². The van der Waals surface area contributed by atoms with Crippen LogP contribution in [-0.4, -0.2) is 60.9 Å². The summed E-state index contributed by atoms with van der Waals surface area (Å²) in [5.41, 5.74) is 0. The number of carbonyl (C=O) groups is 1. The zero-order valence-electron chi connectivity index (χ0n) is 16.3. The fraction of sp³-hybridized carbons (Fsp3) is 0.737. The first-order valence-corrected chi connectivity index (χ1v) is 11.4. The number of hydrogen-bond acceptors (Lipinski definition) is 5. The van der Waals surface area contributed by atoms with E-state index in [2.05, 4.69) is 34.3 Å². The fourth-order valence-corrected chi connectivity index (χ4v) is 4.84. The number of anilines is 1. The minimum absolute atomic E-state index is 0.0590. The molecule has 0 atom stereocenters. The molecule has 2 fully saturated rings. The van der Waals surface area contributed by atoms with Gasteiger partial charge in [0.05, 0.1) is 25.9 Å². The Kier molecular flexibility index (Phi) is 7.61. The number of halogens is 1. The Balaban J connectivity index is 1.55. The zero-order valence-corrected chi connectivity index (χ0v) is 17.9. The molecule has 8 heteroatoms. The maximum Gasteiger partial charge on any atom is 0.230 e. The van der Waals surface area contributed by atoms with E-state index in [9.17, 15) is 4.79 Å². The number of nitrogens with zero attached hydrogens (tertiary/aromatic N) is 3. The van der Waals surface area contributed by atoms with Gasteiger partial charge in [0.15, 0.2) is 5.16 Å². The third-order valence-corrected chi connectivity index (χ3v) is 6.72. The van der Waals surface area contributed by atoms with Crippen LogP contribution in [-0.2, 0) is 4.79 Å². The molecule has 0 unspecified atom stereocenters. The van der Waals surface area contributed by atoms with Crippen LogP contribution in [0.2, 0.25) is 5.15 Å². The van der Waals surface area contributed by atoms with Crippen molar-refractivity contribution >= 4 is 35.1 Å². The smallest absolute Gasteiger partial charge is 0.230 e. The Morgan fingerprint density at radius 3 is 2.67 bits per heavy atom. The summed E-state index contributed by atoms with van der Waals surface area (Å²) in [4.78, 5) is 25.0. The standard InChI is InChI=1S/C19H30ClN5OS/c1-24-10-8-15(9-11-24)25(2)17-12-16(20)22-19(23-17)27-13-18(26)21-14-6-4-3-5-7-14/h12,14-15H,3-11,13H2,1-2H3,(H,21,26)/p+1. The average Bonchev–Trinajstić information content (AvgIpc) is 2.67. The van der Waals surface area contributed by atoms with E-state index in [4.69, 9.17) is 11.6 Å². The van der Waals surface area contributed by atoms with Crippen LogP contribution in [0.3, 0.4) is 0 Å². The van der Waals surface area contributed by atoms with Crippen LogP contribution in [0.4, 0.5) is 5.82 Å². The lowest BCUT2D eigenvalue weighted by Gasteiger charge is -2.34. The molecule has 0 spiro atoms. The van der Waals surface area contributed by atoms with E-state index >= 15 is 0 Å². The molecular weight excluding hydrogens is 382 g/mol. The number of aromatic nitrogens is 2. The first-order valence-electron chi connectivity index (χ1n) is 10.0. The number of carbonyl (C=O) groups excluding carboxylic acids is 1. The molecule has 0 aromatic carbocycles. The minimum Gasteiger partial charge on any atom is -0.356 e. The summed E-state index contributed by atoms with van der Waals surface area (Å²) in [6.45, 7) is 2.35. The summed E-state index contributed by atoms with van der Waals surface area (Å²) in [7, 11) is 4.32. The van der Waals surface area contributed by atoms with E-state index in [1.54, 1.807) is 4.90 Å². The van der Waals surface area contributed by atoms with Gasteiger partial charge in [-0.3, -0.25) is 4.79 Å². The highest BCUT2D eigenvalue weighted by Crippen LogP contribution is 2.24. The van der Waals surface area contributed by atoms with E-state index in [0.717, 1.165) is 31.5 Å². The van der Waals surface area contributed by atoms with Gasteiger partial charge in [0.25, 0.3) is 0 Å². The van der Waals surface area contributed by atoms with Crippen molar-refractivity contribution in [2.24, 2.45) is 0 Å². The number of nitrogens with one attached hydrogen (secondary N) is 2. The molecule has 1 aliphatic heterocycles. The second-order valence-electron chi connectivity index (χ2n) is 7.82. The molecule has 2 N–H and O–H groups in total. The SMILES string of the molecule is CN(c1cc(Cl)nc(SCC(=O)NC2CCCCC2)n1)C1CC[NH+](C)CC1. The van der Waals surface area contributed by atoms with Gasteiger partial charge in [-0.25, -0.2) is 9.97 Å². The van der Waals surface area contributed by atoms with Crippen LogP contribution >= 0.6 is 23.4 Å². The molecule has 1 aromatic rings. The summed E-state index contributed by atoms with van der Waals surface area (Å²) in [5.74, 6) is 1.23. The van der Waals surface area contributed by atoms with Gasteiger partial charge in [0.1, 0.15) is 11.0 Å². The van der Waals surface area contributed by atoms with Crippen LogP contribution in [0.25, 0.3) is 0 Å². The second-order valence-corrected chi connectivity index (χ2v) is 9.15. The Hall–Kier alpha value is -1.05. The summed E-state index contributed by atoms with van der Waals surface area (Å²) >= 11 is 7.59. The van der Waals surface area contributed by atoms with Crippen LogP contribution in [0.15, 0.2) is 11.2 Å². The van der Waals surface area contributed by atoms with Crippen molar-refractivity contribution < 1.29 is 9.69 Å². The monoisotopic (exact) mass is 412 g/mol. The van der Waals surface area contributed by atoms with Gasteiger partial charge >= 0.3 is 0 Å². The number of likely N-dealkylation sites (tertiary alicyclic amines) is 1. The predicted octanol–water partition coefficient (Wildman–Crippen LogP) is 1.78. The number of amides is 1. The molecule has 150 valence electrons. The van der Waals surface area contributed by atoms with E-state index in [1.165, 1.54) is 44.1 Å². The molecule has 2 heterocycles. The maximum atomic E-state index is 12.2. The number of thioether (sulfide) groups is 1. The van der Waals surface area contributed by atoms with Gasteiger partial charge in [0, 0.05) is 38.0 Å². The molecule has 1 saturated heterocycles. The Labute approximate surface area is 171 Å². The molecule has 1 saturated carbocycles. The first kappa shape index (κ1) is 20.7.